The van der Waals surface area contributed by atoms with Gasteiger partial charge in [-0.15, -0.1) is 0 Å². The van der Waals surface area contributed by atoms with E-state index >= 15 is 0 Å². The predicted molar refractivity (Wildman–Crippen MR) is 124 cm³/mol. The van der Waals surface area contributed by atoms with Gasteiger partial charge < -0.3 is 20.8 Å². The second-order valence-corrected chi connectivity index (χ2v) is 9.21. The smallest absolute Gasteiger partial charge is 0.308 e. The number of carboxylic acid groups (broad SMARTS) is 1. The minimum Gasteiger partial charge on any atom is -0.481 e. The fourth-order valence-electron chi connectivity index (χ4n) is 5.58. The Morgan fingerprint density at radius 3 is 2.82 bits per heavy atom. The number of amidine groups is 2. The van der Waals surface area contributed by atoms with Gasteiger partial charge >= 0.3 is 5.97 Å². The van der Waals surface area contributed by atoms with Crippen molar-refractivity contribution in [2.24, 2.45) is 39.4 Å². The molecular weight excluding hydrogens is 442 g/mol. The van der Waals surface area contributed by atoms with Crippen molar-refractivity contribution >= 4 is 28.7 Å². The largest absolute Gasteiger partial charge is 0.481 e. The number of nitrogens with one attached hydrogen (secondary N) is 2. The summed E-state index contributed by atoms with van der Waals surface area (Å²) >= 11 is 0. The lowest BCUT2D eigenvalue weighted by Crippen LogP contribution is -2.48. The van der Waals surface area contributed by atoms with E-state index in [9.17, 15) is 18.7 Å². The van der Waals surface area contributed by atoms with Crippen molar-refractivity contribution < 1.29 is 18.7 Å². The van der Waals surface area contributed by atoms with Gasteiger partial charge in [-0.2, -0.15) is 0 Å². The third-order valence-electron chi connectivity index (χ3n) is 7.40. The summed E-state index contributed by atoms with van der Waals surface area (Å²) in [6, 6.07) is 1.98. The zero-order valence-corrected chi connectivity index (χ0v) is 18.6. The highest BCUT2D eigenvalue weighted by Gasteiger charge is 2.49. The number of aliphatic imine (C=N–C) groups is 2. The van der Waals surface area contributed by atoms with Gasteiger partial charge in [-0.3, -0.25) is 9.79 Å². The number of nitrogens with two attached hydrogens (primary N) is 1. The number of halogens is 2. The van der Waals surface area contributed by atoms with E-state index in [1.807, 2.05) is 0 Å². The van der Waals surface area contributed by atoms with Crippen molar-refractivity contribution in [1.29, 1.82) is 0 Å². The van der Waals surface area contributed by atoms with E-state index < -0.39 is 29.6 Å². The Hall–Kier alpha value is -3.56. The van der Waals surface area contributed by atoms with Crippen molar-refractivity contribution in [1.82, 2.24) is 15.0 Å². The molecule has 2 aliphatic rings. The first-order valence-electron chi connectivity index (χ1n) is 11.5. The number of carboxylic acids is 1. The topological polar surface area (TPSA) is 133 Å². The second kappa shape index (κ2) is 8.66. The van der Waals surface area contributed by atoms with Crippen molar-refractivity contribution in [3.8, 4) is 0 Å². The van der Waals surface area contributed by atoms with Crippen molar-refractivity contribution in [3.63, 3.8) is 0 Å². The van der Waals surface area contributed by atoms with Gasteiger partial charge in [-0.1, -0.05) is 13.3 Å². The van der Waals surface area contributed by atoms with E-state index in [0.717, 1.165) is 19.0 Å². The summed E-state index contributed by atoms with van der Waals surface area (Å²) in [5.74, 6) is -1.35. The highest BCUT2D eigenvalue weighted by molar-refractivity contribution is 6.15. The van der Waals surface area contributed by atoms with E-state index in [4.69, 9.17) is 5.73 Å². The van der Waals surface area contributed by atoms with Gasteiger partial charge in [0.1, 0.15) is 23.0 Å². The molecule has 2 saturated carbocycles. The lowest BCUT2D eigenvalue weighted by Gasteiger charge is -2.51. The molecule has 0 spiro atoms. The summed E-state index contributed by atoms with van der Waals surface area (Å²) in [5, 5.41) is 10.3. The molecule has 0 radical (unpaired) electrons. The molecule has 0 amide bonds. The van der Waals surface area contributed by atoms with Crippen LogP contribution in [0.15, 0.2) is 40.7 Å². The molecule has 34 heavy (non-hydrogen) atoms. The maximum Gasteiger partial charge on any atom is 0.308 e. The van der Waals surface area contributed by atoms with Crippen LogP contribution in [0.2, 0.25) is 0 Å². The molecule has 178 valence electrons. The van der Waals surface area contributed by atoms with Gasteiger partial charge in [0.25, 0.3) is 0 Å². The highest BCUT2D eigenvalue weighted by atomic mass is 19.1. The molecule has 5 atom stereocenters. The SMILES string of the molecule is CC[C@@H]1C[C@@H]2C[C@H](N=C(N=C(N)c3c[nH]c4ncc(F)cc34)c3[nH]ccc3F)[C@@H](C(=O)O)CC12. The van der Waals surface area contributed by atoms with E-state index in [-0.39, 0.29) is 17.4 Å². The van der Waals surface area contributed by atoms with E-state index in [0.29, 0.717) is 47.2 Å². The number of nitrogens with zero attached hydrogens (tertiary/aromatic N) is 3. The van der Waals surface area contributed by atoms with E-state index in [1.54, 1.807) is 6.20 Å². The molecule has 5 rings (SSSR count). The number of aromatic nitrogens is 3. The number of hydrogen-bond donors (Lipinski definition) is 4. The molecule has 0 bridgehead atoms. The molecular formula is C24H26F2N6O2. The van der Waals surface area contributed by atoms with Gasteiger partial charge in [0, 0.05) is 23.3 Å². The first-order chi connectivity index (χ1) is 16.4. The number of fused-ring (bicyclic) bond motifs is 2. The minimum atomic E-state index is -0.907. The Kier molecular flexibility index (Phi) is 5.66. The molecule has 1 unspecified atom stereocenters. The first kappa shape index (κ1) is 22.2. The summed E-state index contributed by atoms with van der Waals surface area (Å²) in [5.41, 5.74) is 7.10. The normalized spacial score (nSPS) is 27.4. The molecule has 2 fully saturated rings. The third kappa shape index (κ3) is 3.86. The Labute approximate surface area is 194 Å². The maximum atomic E-state index is 14.6. The fraction of sp³-hybridized carbons (Fsp3) is 0.417. The number of aliphatic carboxylic acids is 1. The monoisotopic (exact) mass is 468 g/mol. The molecule has 3 heterocycles. The number of H-pyrrole nitrogens is 2. The lowest BCUT2D eigenvalue weighted by atomic mass is 9.55. The van der Waals surface area contributed by atoms with Gasteiger partial charge in [0.05, 0.1) is 18.2 Å². The molecule has 2 aliphatic carbocycles. The number of pyridine rings is 1. The Morgan fingerprint density at radius 1 is 1.29 bits per heavy atom. The summed E-state index contributed by atoms with van der Waals surface area (Å²) in [6.07, 6.45) is 7.32. The van der Waals surface area contributed by atoms with Crippen LogP contribution >= 0.6 is 0 Å². The van der Waals surface area contributed by atoms with Crippen LogP contribution in [0.3, 0.4) is 0 Å². The van der Waals surface area contributed by atoms with Crippen LogP contribution in [0.4, 0.5) is 8.78 Å². The van der Waals surface area contributed by atoms with Crippen molar-refractivity contribution in [3.05, 3.63) is 53.6 Å². The zero-order chi connectivity index (χ0) is 24.0. The molecule has 8 nitrogen and oxygen atoms in total. The van der Waals surface area contributed by atoms with Crippen LogP contribution in [-0.2, 0) is 4.79 Å². The summed E-state index contributed by atoms with van der Waals surface area (Å²) < 4.78 is 28.3. The quantitative estimate of drug-likeness (QED) is 0.334. The lowest BCUT2D eigenvalue weighted by molar-refractivity contribution is -0.147. The second-order valence-electron chi connectivity index (χ2n) is 9.21. The number of carbonyl (C=O) groups is 1. The molecule has 5 N–H and O–H groups in total. The Balaban J connectivity index is 1.54. The average molecular weight is 469 g/mol. The summed E-state index contributed by atoms with van der Waals surface area (Å²) in [4.78, 5) is 30.8. The van der Waals surface area contributed by atoms with Crippen molar-refractivity contribution in [2.45, 2.75) is 38.6 Å². The summed E-state index contributed by atoms with van der Waals surface area (Å²) in [7, 11) is 0. The number of aromatic amines is 2. The molecule has 0 aliphatic heterocycles. The van der Waals surface area contributed by atoms with Crippen LogP contribution in [0.5, 0.6) is 0 Å². The first-order valence-corrected chi connectivity index (χ1v) is 11.5. The molecule has 3 aromatic rings. The standard InChI is InChI=1S/C24H26F2N6O2/c1-2-11-5-12-6-19(16(24(33)34)8-14(11)12)31-23(20-18(26)3-4-28-20)32-21(27)17-10-30-22-15(17)7-13(25)9-29-22/h3-4,7,9-12,14,16,19,28H,2,5-6,8H2,1H3,(H,29,30)(H,33,34)(H2,27,31,32)/t11-,12-,14?,16+,19+/m1/s1. The van der Waals surface area contributed by atoms with Crippen LogP contribution in [0.25, 0.3) is 11.0 Å². The fourth-order valence-corrected chi connectivity index (χ4v) is 5.58. The molecule has 3 aromatic heterocycles. The Bertz CT molecular complexity index is 1300. The minimum absolute atomic E-state index is 0.0124. The van der Waals surface area contributed by atoms with Gasteiger partial charge in [0.2, 0.25) is 0 Å². The van der Waals surface area contributed by atoms with Gasteiger partial charge in [-0.25, -0.2) is 18.8 Å². The van der Waals surface area contributed by atoms with E-state index in [2.05, 4.69) is 31.9 Å². The van der Waals surface area contributed by atoms with Crippen molar-refractivity contribution in [2.75, 3.05) is 0 Å². The third-order valence-corrected chi connectivity index (χ3v) is 7.40. The number of hydrogen-bond acceptors (Lipinski definition) is 3. The predicted octanol–water partition coefficient (Wildman–Crippen LogP) is 3.85. The molecule has 10 heteroatoms. The van der Waals surface area contributed by atoms with E-state index in [1.165, 1.54) is 18.3 Å². The zero-order valence-electron chi connectivity index (χ0n) is 18.6. The summed E-state index contributed by atoms with van der Waals surface area (Å²) in [6.45, 7) is 2.14. The van der Waals surface area contributed by atoms with Crippen LogP contribution < -0.4 is 5.73 Å². The molecule has 0 aromatic carbocycles. The van der Waals surface area contributed by atoms with Crippen LogP contribution in [0.1, 0.15) is 43.9 Å². The highest BCUT2D eigenvalue weighted by Crippen LogP contribution is 2.53. The average Bonchev–Trinajstić information content (AvgIpc) is 3.40. The van der Waals surface area contributed by atoms with Gasteiger partial charge in [0.15, 0.2) is 11.7 Å². The van der Waals surface area contributed by atoms with Crippen LogP contribution in [-0.4, -0.2) is 43.7 Å². The Morgan fingerprint density at radius 2 is 2.12 bits per heavy atom. The maximum absolute atomic E-state index is 14.6. The molecule has 0 saturated heterocycles. The number of rotatable bonds is 5. The van der Waals surface area contributed by atoms with Gasteiger partial charge in [-0.05, 0) is 49.1 Å². The van der Waals surface area contributed by atoms with Crippen LogP contribution in [0, 0.1) is 35.3 Å².